The van der Waals surface area contributed by atoms with Crippen molar-refractivity contribution in [3.63, 3.8) is 0 Å². The van der Waals surface area contributed by atoms with Crippen LogP contribution in [0, 0.1) is 0 Å². The van der Waals surface area contributed by atoms with Gasteiger partial charge in [-0.15, -0.1) is 0 Å². The van der Waals surface area contributed by atoms with E-state index in [9.17, 15) is 4.79 Å². The zero-order valence-electron chi connectivity index (χ0n) is 16.2. The Kier molecular flexibility index (Phi) is 7.53. The molecule has 0 bridgehead atoms. The number of aliphatic imine (C=N–C) groups is 1. The molecule has 1 N–H and O–H groups in total. The highest BCUT2D eigenvalue weighted by molar-refractivity contribution is 5.80. The highest BCUT2D eigenvalue weighted by Gasteiger charge is 2.24. The molecule has 150 valence electrons. The molecule has 3 heterocycles. The maximum atomic E-state index is 12.4. The van der Waals surface area contributed by atoms with Gasteiger partial charge in [0.2, 0.25) is 5.91 Å². The predicted octanol–water partition coefficient (Wildman–Crippen LogP) is 0.264. The lowest BCUT2D eigenvalue weighted by molar-refractivity contribution is -0.136. The number of rotatable bonds is 6. The fraction of sp³-hybridized carbons (Fsp3) is 0.684. The van der Waals surface area contributed by atoms with Crippen molar-refractivity contribution < 1.29 is 13.9 Å². The number of ether oxygens (including phenoxy) is 1. The van der Waals surface area contributed by atoms with Crippen molar-refractivity contribution in [3.8, 4) is 0 Å². The van der Waals surface area contributed by atoms with Gasteiger partial charge in [0.15, 0.2) is 5.96 Å². The molecule has 1 amide bonds. The van der Waals surface area contributed by atoms with Gasteiger partial charge in [0.25, 0.3) is 0 Å². The molecule has 0 unspecified atom stereocenters. The van der Waals surface area contributed by atoms with E-state index >= 15 is 0 Å². The first kappa shape index (κ1) is 19.7. The molecule has 3 rings (SSSR count). The molecule has 1 aromatic heterocycles. The van der Waals surface area contributed by atoms with E-state index in [1.165, 1.54) is 0 Å². The number of morpholine rings is 1. The van der Waals surface area contributed by atoms with E-state index in [2.05, 4.69) is 22.0 Å². The minimum absolute atomic E-state index is 0.214. The van der Waals surface area contributed by atoms with Crippen LogP contribution in [0.25, 0.3) is 0 Å². The smallest absolute Gasteiger partial charge is 0.236 e. The Morgan fingerprint density at radius 2 is 1.93 bits per heavy atom. The Hall–Kier alpha value is -2.06. The first-order chi connectivity index (χ1) is 13.3. The van der Waals surface area contributed by atoms with Crippen molar-refractivity contribution in [2.24, 2.45) is 4.99 Å². The molecule has 0 aromatic carbocycles. The van der Waals surface area contributed by atoms with Crippen molar-refractivity contribution in [3.05, 3.63) is 24.2 Å². The van der Waals surface area contributed by atoms with Gasteiger partial charge in [-0.25, -0.2) is 0 Å². The van der Waals surface area contributed by atoms with Crippen molar-refractivity contribution >= 4 is 11.9 Å². The number of furan rings is 1. The van der Waals surface area contributed by atoms with Crippen molar-refractivity contribution in [1.82, 2.24) is 20.0 Å². The van der Waals surface area contributed by atoms with E-state index in [0.717, 1.165) is 50.9 Å². The van der Waals surface area contributed by atoms with Crippen LogP contribution in [-0.2, 0) is 16.0 Å². The zero-order valence-corrected chi connectivity index (χ0v) is 16.2. The lowest BCUT2D eigenvalue weighted by Gasteiger charge is -2.37. The molecule has 0 atom stereocenters. The van der Waals surface area contributed by atoms with Gasteiger partial charge in [0.05, 0.1) is 26.0 Å². The summed E-state index contributed by atoms with van der Waals surface area (Å²) < 4.78 is 10.7. The second-order valence-electron chi connectivity index (χ2n) is 6.82. The van der Waals surface area contributed by atoms with Gasteiger partial charge in [0, 0.05) is 58.8 Å². The monoisotopic (exact) mass is 377 g/mol. The number of hydrogen-bond acceptors (Lipinski definition) is 5. The number of piperazine rings is 1. The third kappa shape index (κ3) is 5.97. The molecule has 0 aliphatic carbocycles. The molecule has 2 aliphatic rings. The maximum Gasteiger partial charge on any atom is 0.236 e. The number of amides is 1. The molecule has 2 fully saturated rings. The minimum Gasteiger partial charge on any atom is -0.469 e. The van der Waals surface area contributed by atoms with Gasteiger partial charge in [0.1, 0.15) is 5.76 Å². The van der Waals surface area contributed by atoms with Crippen LogP contribution < -0.4 is 5.32 Å². The first-order valence-corrected chi connectivity index (χ1v) is 9.90. The van der Waals surface area contributed by atoms with Crippen LogP contribution in [0.5, 0.6) is 0 Å². The Morgan fingerprint density at radius 1 is 1.15 bits per heavy atom. The summed E-state index contributed by atoms with van der Waals surface area (Å²) in [5.74, 6) is 2.12. The zero-order chi connectivity index (χ0) is 18.9. The lowest BCUT2D eigenvalue weighted by Crippen LogP contribution is -2.55. The van der Waals surface area contributed by atoms with Gasteiger partial charge in [-0.3, -0.25) is 14.7 Å². The van der Waals surface area contributed by atoms with Crippen molar-refractivity contribution in [2.45, 2.75) is 13.3 Å². The Bertz CT molecular complexity index is 590. The quantitative estimate of drug-likeness (QED) is 0.567. The third-order valence-electron chi connectivity index (χ3n) is 4.93. The van der Waals surface area contributed by atoms with Crippen molar-refractivity contribution in [1.29, 1.82) is 0 Å². The predicted molar refractivity (Wildman–Crippen MR) is 104 cm³/mol. The Labute approximate surface area is 161 Å². The fourth-order valence-electron chi connectivity index (χ4n) is 3.37. The van der Waals surface area contributed by atoms with Gasteiger partial charge >= 0.3 is 0 Å². The Morgan fingerprint density at radius 3 is 2.59 bits per heavy atom. The summed E-state index contributed by atoms with van der Waals surface area (Å²) in [7, 11) is 0. The number of nitrogens with zero attached hydrogens (tertiary/aromatic N) is 4. The summed E-state index contributed by atoms with van der Waals surface area (Å²) in [6.45, 7) is 10.4. The average molecular weight is 377 g/mol. The lowest BCUT2D eigenvalue weighted by atomic mass is 10.3. The third-order valence-corrected chi connectivity index (χ3v) is 4.93. The van der Waals surface area contributed by atoms with E-state index in [1.54, 1.807) is 6.26 Å². The molecule has 0 radical (unpaired) electrons. The number of carbonyl (C=O) groups excluding carboxylic acids is 1. The summed E-state index contributed by atoms with van der Waals surface area (Å²) in [6.07, 6.45) is 2.50. The molecule has 8 nitrogen and oxygen atoms in total. The molecule has 2 saturated heterocycles. The van der Waals surface area contributed by atoms with Crippen LogP contribution >= 0.6 is 0 Å². The normalized spacial score (nSPS) is 19.4. The number of carbonyl (C=O) groups is 1. The number of nitrogens with one attached hydrogen (secondary N) is 1. The van der Waals surface area contributed by atoms with E-state index in [1.807, 2.05) is 17.0 Å². The summed E-state index contributed by atoms with van der Waals surface area (Å²) >= 11 is 0. The Balaban J connectivity index is 1.44. The fourth-order valence-corrected chi connectivity index (χ4v) is 3.37. The second kappa shape index (κ2) is 10.3. The van der Waals surface area contributed by atoms with E-state index in [4.69, 9.17) is 14.1 Å². The van der Waals surface area contributed by atoms with E-state index in [0.29, 0.717) is 39.4 Å². The molecular weight excluding hydrogens is 346 g/mol. The molecule has 27 heavy (non-hydrogen) atoms. The van der Waals surface area contributed by atoms with Crippen LogP contribution in [0.1, 0.15) is 12.7 Å². The molecule has 8 heteroatoms. The largest absolute Gasteiger partial charge is 0.469 e. The van der Waals surface area contributed by atoms with Gasteiger partial charge < -0.3 is 24.3 Å². The van der Waals surface area contributed by atoms with Crippen molar-refractivity contribution in [2.75, 3.05) is 72.1 Å². The van der Waals surface area contributed by atoms with Gasteiger partial charge in [-0.05, 0) is 19.1 Å². The highest BCUT2D eigenvalue weighted by atomic mass is 16.5. The molecule has 1 aromatic rings. The summed E-state index contributed by atoms with van der Waals surface area (Å²) in [6, 6.07) is 3.88. The SMILES string of the molecule is CCNC(=NCCc1ccco1)N1CCN(CC(=O)N2CCOCC2)CC1. The number of guanidine groups is 1. The highest BCUT2D eigenvalue weighted by Crippen LogP contribution is 2.06. The van der Waals surface area contributed by atoms with Crippen LogP contribution in [0.4, 0.5) is 0 Å². The standard InChI is InChI=1S/C19H31N5O3/c1-2-20-19(21-6-5-17-4-3-13-27-17)24-9-7-22(8-10-24)16-18(25)23-11-14-26-15-12-23/h3-4,13H,2,5-12,14-16H2,1H3,(H,20,21). The van der Waals surface area contributed by atoms with E-state index < -0.39 is 0 Å². The summed E-state index contributed by atoms with van der Waals surface area (Å²) in [5, 5.41) is 3.38. The summed E-state index contributed by atoms with van der Waals surface area (Å²) in [4.78, 5) is 23.6. The average Bonchev–Trinajstić information content (AvgIpc) is 3.22. The van der Waals surface area contributed by atoms with Gasteiger partial charge in [-0.2, -0.15) is 0 Å². The van der Waals surface area contributed by atoms with Crippen LogP contribution in [0.15, 0.2) is 27.8 Å². The summed E-state index contributed by atoms with van der Waals surface area (Å²) in [5.41, 5.74) is 0. The van der Waals surface area contributed by atoms with Crippen LogP contribution in [-0.4, -0.2) is 98.7 Å². The van der Waals surface area contributed by atoms with E-state index in [-0.39, 0.29) is 5.91 Å². The van der Waals surface area contributed by atoms with Crippen LogP contribution in [0.2, 0.25) is 0 Å². The minimum atomic E-state index is 0.214. The molecule has 0 spiro atoms. The maximum absolute atomic E-state index is 12.4. The first-order valence-electron chi connectivity index (χ1n) is 9.90. The number of hydrogen-bond donors (Lipinski definition) is 1. The molecule has 2 aliphatic heterocycles. The topological polar surface area (TPSA) is 73.6 Å². The van der Waals surface area contributed by atoms with Crippen LogP contribution in [0.3, 0.4) is 0 Å². The molecule has 0 saturated carbocycles. The molecular formula is C19H31N5O3. The second-order valence-corrected chi connectivity index (χ2v) is 6.82. The van der Waals surface area contributed by atoms with Gasteiger partial charge in [-0.1, -0.05) is 0 Å².